The van der Waals surface area contributed by atoms with Gasteiger partial charge in [0, 0.05) is 44.5 Å². The summed E-state index contributed by atoms with van der Waals surface area (Å²) in [6.07, 6.45) is 7.72. The van der Waals surface area contributed by atoms with Crippen molar-refractivity contribution < 1.29 is 0 Å². The van der Waals surface area contributed by atoms with E-state index in [1.54, 1.807) is 6.33 Å². The largest absolute Gasteiger partial charge is 0.321 e. The number of nitrogens with one attached hydrogen (secondary N) is 1. The first-order chi connectivity index (χ1) is 7.86. The molecule has 84 valence electrons. The molecule has 0 unspecified atom stereocenters. The summed E-state index contributed by atoms with van der Waals surface area (Å²) in [5.74, 6) is 0.983. The molecule has 0 aliphatic carbocycles. The maximum absolute atomic E-state index is 4.01. The average Bonchev–Trinajstić information content (AvgIpc) is 2.72. The molecule has 2 heterocycles. The highest BCUT2D eigenvalue weighted by Crippen LogP contribution is 1.94. The van der Waals surface area contributed by atoms with Gasteiger partial charge in [0.25, 0.3) is 0 Å². The van der Waals surface area contributed by atoms with E-state index in [0.717, 1.165) is 30.9 Å². The molecule has 1 N–H and O–H groups in total. The lowest BCUT2D eigenvalue weighted by atomic mass is 10.3. The summed E-state index contributed by atoms with van der Waals surface area (Å²) < 4.78 is 1.92. The Morgan fingerprint density at radius 1 is 1.31 bits per heavy atom. The van der Waals surface area contributed by atoms with Crippen LogP contribution in [-0.4, -0.2) is 31.3 Å². The van der Waals surface area contributed by atoms with Gasteiger partial charge in [0.15, 0.2) is 0 Å². The zero-order valence-electron chi connectivity index (χ0n) is 9.17. The summed E-state index contributed by atoms with van der Waals surface area (Å²) >= 11 is 0. The quantitative estimate of drug-likeness (QED) is 0.712. The van der Waals surface area contributed by atoms with Crippen LogP contribution in [0.4, 0.5) is 0 Å². The molecule has 2 rings (SSSR count). The average molecular weight is 218 g/mol. The van der Waals surface area contributed by atoms with Crippen LogP contribution in [0.3, 0.4) is 0 Å². The number of aryl methyl sites for hydroxylation is 1. The normalized spacial score (nSPS) is 10.6. The van der Waals surface area contributed by atoms with Crippen LogP contribution in [-0.2, 0) is 20.0 Å². The fraction of sp³-hybridized carbons (Fsp3) is 0.400. The summed E-state index contributed by atoms with van der Waals surface area (Å²) in [4.78, 5) is 7.90. The van der Waals surface area contributed by atoms with Gasteiger partial charge >= 0.3 is 0 Å². The third-order valence-corrected chi connectivity index (χ3v) is 2.27. The number of aromatic nitrogens is 5. The summed E-state index contributed by atoms with van der Waals surface area (Å²) in [5, 5.41) is 11.1. The van der Waals surface area contributed by atoms with Crippen molar-refractivity contribution in [3.63, 3.8) is 0 Å². The van der Waals surface area contributed by atoms with Crippen molar-refractivity contribution in [3.8, 4) is 0 Å². The molecule has 0 atom stereocenters. The van der Waals surface area contributed by atoms with Crippen LogP contribution < -0.4 is 5.32 Å². The first-order valence-corrected chi connectivity index (χ1v) is 5.14. The van der Waals surface area contributed by atoms with E-state index in [2.05, 4.69) is 25.5 Å². The zero-order chi connectivity index (χ0) is 11.2. The van der Waals surface area contributed by atoms with Gasteiger partial charge in [-0.2, -0.15) is 0 Å². The molecule has 16 heavy (non-hydrogen) atoms. The molecule has 0 spiro atoms. The third-order valence-electron chi connectivity index (χ3n) is 2.27. The standard InChI is InChI=1S/C10H14N6/c1-16-8-14-15-10(16)2-3-11-4-9-5-12-7-13-6-9/h5-8,11H,2-4H2,1H3. The third kappa shape index (κ3) is 2.83. The maximum Gasteiger partial charge on any atom is 0.133 e. The van der Waals surface area contributed by atoms with Crippen molar-refractivity contribution in [2.24, 2.45) is 7.05 Å². The molecule has 0 saturated carbocycles. The highest BCUT2D eigenvalue weighted by molar-refractivity contribution is 5.01. The molecule has 0 aliphatic rings. The molecule has 6 nitrogen and oxygen atoms in total. The van der Waals surface area contributed by atoms with Crippen LogP contribution >= 0.6 is 0 Å². The molecule has 0 bridgehead atoms. The molecule has 2 aromatic rings. The first kappa shape index (κ1) is 10.7. The summed E-state index contributed by atoms with van der Waals surface area (Å²) in [6, 6.07) is 0. The van der Waals surface area contributed by atoms with Gasteiger partial charge < -0.3 is 9.88 Å². The van der Waals surface area contributed by atoms with E-state index in [0.29, 0.717) is 0 Å². The molecule has 0 aliphatic heterocycles. The van der Waals surface area contributed by atoms with Crippen molar-refractivity contribution in [2.45, 2.75) is 13.0 Å². The van der Waals surface area contributed by atoms with Gasteiger partial charge in [-0.15, -0.1) is 10.2 Å². The topological polar surface area (TPSA) is 68.5 Å². The predicted octanol–water partition coefficient (Wildman–Crippen LogP) is -0.0626. The molecule has 6 heteroatoms. The fourth-order valence-corrected chi connectivity index (χ4v) is 1.39. The Morgan fingerprint density at radius 3 is 2.81 bits per heavy atom. The van der Waals surface area contributed by atoms with Crippen LogP contribution in [0, 0.1) is 0 Å². The van der Waals surface area contributed by atoms with E-state index in [1.807, 2.05) is 24.0 Å². The van der Waals surface area contributed by atoms with Gasteiger partial charge in [0.1, 0.15) is 18.5 Å². The molecule has 0 aromatic carbocycles. The van der Waals surface area contributed by atoms with E-state index in [1.165, 1.54) is 6.33 Å². The monoisotopic (exact) mass is 218 g/mol. The minimum absolute atomic E-state index is 0.776. The van der Waals surface area contributed by atoms with Gasteiger partial charge in [-0.05, 0) is 0 Å². The van der Waals surface area contributed by atoms with Crippen molar-refractivity contribution >= 4 is 0 Å². The number of hydrogen-bond acceptors (Lipinski definition) is 5. The van der Waals surface area contributed by atoms with E-state index in [-0.39, 0.29) is 0 Å². The Bertz CT molecular complexity index is 424. The van der Waals surface area contributed by atoms with Crippen LogP contribution in [0.2, 0.25) is 0 Å². The van der Waals surface area contributed by atoms with E-state index in [9.17, 15) is 0 Å². The fourth-order valence-electron chi connectivity index (χ4n) is 1.39. The lowest BCUT2D eigenvalue weighted by Gasteiger charge is -2.03. The van der Waals surface area contributed by atoms with Crippen LogP contribution in [0.25, 0.3) is 0 Å². The van der Waals surface area contributed by atoms with Gasteiger partial charge in [-0.3, -0.25) is 0 Å². The van der Waals surface area contributed by atoms with Gasteiger partial charge in [0.2, 0.25) is 0 Å². The lowest BCUT2D eigenvalue weighted by Crippen LogP contribution is -2.18. The molecular weight excluding hydrogens is 204 g/mol. The van der Waals surface area contributed by atoms with Crippen LogP contribution in [0.1, 0.15) is 11.4 Å². The molecule has 0 amide bonds. The van der Waals surface area contributed by atoms with E-state index >= 15 is 0 Å². The molecule has 0 saturated heterocycles. The van der Waals surface area contributed by atoms with Crippen molar-refractivity contribution in [1.29, 1.82) is 0 Å². The van der Waals surface area contributed by atoms with Gasteiger partial charge in [-0.25, -0.2) is 9.97 Å². The van der Waals surface area contributed by atoms with Gasteiger partial charge in [-0.1, -0.05) is 0 Å². The van der Waals surface area contributed by atoms with Crippen molar-refractivity contribution in [3.05, 3.63) is 36.4 Å². The van der Waals surface area contributed by atoms with E-state index < -0.39 is 0 Å². The zero-order valence-corrected chi connectivity index (χ0v) is 9.17. The maximum atomic E-state index is 4.01. The predicted molar refractivity (Wildman–Crippen MR) is 58.4 cm³/mol. The highest BCUT2D eigenvalue weighted by Gasteiger charge is 1.99. The Labute approximate surface area is 93.8 Å². The van der Waals surface area contributed by atoms with E-state index in [4.69, 9.17) is 0 Å². The molecule has 0 fully saturated rings. The van der Waals surface area contributed by atoms with Crippen molar-refractivity contribution in [1.82, 2.24) is 30.0 Å². The van der Waals surface area contributed by atoms with Crippen LogP contribution in [0.5, 0.6) is 0 Å². The Morgan fingerprint density at radius 2 is 2.12 bits per heavy atom. The lowest BCUT2D eigenvalue weighted by molar-refractivity contribution is 0.651. The summed E-state index contributed by atoms with van der Waals surface area (Å²) in [6.45, 7) is 1.64. The summed E-state index contributed by atoms with van der Waals surface area (Å²) in [5.41, 5.74) is 1.08. The smallest absolute Gasteiger partial charge is 0.133 e. The minimum atomic E-state index is 0.776. The summed E-state index contributed by atoms with van der Waals surface area (Å²) in [7, 11) is 1.94. The highest BCUT2D eigenvalue weighted by atomic mass is 15.2. The minimum Gasteiger partial charge on any atom is -0.321 e. The number of rotatable bonds is 5. The van der Waals surface area contributed by atoms with Crippen LogP contribution in [0.15, 0.2) is 25.0 Å². The number of nitrogens with zero attached hydrogens (tertiary/aromatic N) is 5. The van der Waals surface area contributed by atoms with Crippen molar-refractivity contribution in [2.75, 3.05) is 6.54 Å². The SMILES string of the molecule is Cn1cnnc1CCNCc1cncnc1. The molecule has 0 radical (unpaired) electrons. The Kier molecular flexibility index (Phi) is 3.55. The Hall–Kier alpha value is -1.82. The number of hydrogen-bond donors (Lipinski definition) is 1. The second-order valence-electron chi connectivity index (χ2n) is 3.53. The molecule has 2 aromatic heterocycles. The molecular formula is C10H14N6. The second kappa shape index (κ2) is 5.32. The second-order valence-corrected chi connectivity index (χ2v) is 3.53. The van der Waals surface area contributed by atoms with Gasteiger partial charge in [0.05, 0.1) is 0 Å². The first-order valence-electron chi connectivity index (χ1n) is 5.14. The Balaban J connectivity index is 1.72.